The molecule has 0 unspecified atom stereocenters. The molecule has 5 nitrogen and oxygen atoms in total. The van der Waals surface area contributed by atoms with Crippen LogP contribution in [-0.2, 0) is 0 Å². The maximum absolute atomic E-state index is 8.57. The summed E-state index contributed by atoms with van der Waals surface area (Å²) in [6.45, 7) is 0. The summed E-state index contributed by atoms with van der Waals surface area (Å²) < 4.78 is 6.22. The summed E-state index contributed by atoms with van der Waals surface area (Å²) in [4.78, 5) is 3.99. The molecule has 0 radical (unpaired) electrons. The van der Waals surface area contributed by atoms with Gasteiger partial charge in [-0.05, 0) is 12.1 Å². The molecule has 72 valence electrons. The smallest absolute Gasteiger partial charge is 0.511 e. The third-order valence-electron chi connectivity index (χ3n) is 1.67. The van der Waals surface area contributed by atoms with Crippen LogP contribution in [0, 0.1) is 0 Å². The molecule has 2 aromatic heterocycles. The zero-order valence-corrected chi connectivity index (χ0v) is 7.72. The predicted octanol–water partition coefficient (Wildman–Crippen LogP) is 0.336. The maximum Gasteiger partial charge on any atom is 0.707 e. The number of pyridine rings is 1. The summed E-state index contributed by atoms with van der Waals surface area (Å²) in [5, 5.41) is 17.6. The molecule has 0 spiro atoms. The van der Waals surface area contributed by atoms with Gasteiger partial charge in [-0.15, -0.1) is 0 Å². The Morgan fingerprint density at radius 1 is 1.43 bits per heavy atom. The van der Waals surface area contributed by atoms with E-state index in [2.05, 4.69) is 9.64 Å². The molecule has 0 aliphatic heterocycles. The number of hydrogen-bond acceptors (Lipinski definition) is 4. The van der Waals surface area contributed by atoms with Crippen molar-refractivity contribution in [1.82, 2.24) is 9.38 Å². The van der Waals surface area contributed by atoms with Crippen molar-refractivity contribution < 1.29 is 14.7 Å². The van der Waals surface area contributed by atoms with Crippen molar-refractivity contribution in [2.75, 3.05) is 0 Å². The SMILES string of the molecule is OB(O)Oc1ccc2ncc(Cl)n2c1. The molecule has 14 heavy (non-hydrogen) atoms. The van der Waals surface area contributed by atoms with E-state index in [0.717, 1.165) is 0 Å². The molecular weight excluding hydrogens is 206 g/mol. The van der Waals surface area contributed by atoms with E-state index in [-0.39, 0.29) is 0 Å². The second-order valence-electron chi connectivity index (χ2n) is 2.62. The van der Waals surface area contributed by atoms with Crippen LogP contribution in [0.15, 0.2) is 24.5 Å². The monoisotopic (exact) mass is 212 g/mol. The number of halogens is 1. The second-order valence-corrected chi connectivity index (χ2v) is 3.01. The Kier molecular flexibility index (Phi) is 2.32. The van der Waals surface area contributed by atoms with Crippen molar-refractivity contribution in [2.24, 2.45) is 0 Å². The number of hydrogen-bond donors (Lipinski definition) is 2. The molecule has 0 fully saturated rings. The molecule has 0 aliphatic rings. The van der Waals surface area contributed by atoms with Gasteiger partial charge in [0.1, 0.15) is 16.5 Å². The van der Waals surface area contributed by atoms with Gasteiger partial charge in [0.2, 0.25) is 0 Å². The van der Waals surface area contributed by atoms with E-state index in [1.165, 1.54) is 12.4 Å². The van der Waals surface area contributed by atoms with Crippen LogP contribution in [0.5, 0.6) is 5.75 Å². The van der Waals surface area contributed by atoms with Gasteiger partial charge in [-0.1, -0.05) is 11.6 Å². The Morgan fingerprint density at radius 3 is 2.93 bits per heavy atom. The van der Waals surface area contributed by atoms with Crippen LogP contribution in [0.3, 0.4) is 0 Å². The van der Waals surface area contributed by atoms with Crippen LogP contribution in [0.4, 0.5) is 0 Å². The van der Waals surface area contributed by atoms with Gasteiger partial charge >= 0.3 is 7.32 Å². The fourth-order valence-corrected chi connectivity index (χ4v) is 1.31. The van der Waals surface area contributed by atoms with Crippen LogP contribution in [-0.4, -0.2) is 26.8 Å². The van der Waals surface area contributed by atoms with Crippen LogP contribution in [0.25, 0.3) is 5.65 Å². The Morgan fingerprint density at radius 2 is 2.21 bits per heavy atom. The fraction of sp³-hybridized carbons (Fsp3) is 0. The van der Waals surface area contributed by atoms with E-state index in [1.807, 2.05) is 0 Å². The second kappa shape index (κ2) is 3.49. The molecule has 0 amide bonds. The van der Waals surface area contributed by atoms with Gasteiger partial charge in [0.25, 0.3) is 0 Å². The maximum atomic E-state index is 8.57. The zero-order chi connectivity index (χ0) is 10.1. The van der Waals surface area contributed by atoms with Crippen LogP contribution >= 0.6 is 11.6 Å². The van der Waals surface area contributed by atoms with Gasteiger partial charge in [0.15, 0.2) is 0 Å². The van der Waals surface area contributed by atoms with Gasteiger partial charge < -0.3 is 14.7 Å². The lowest BCUT2D eigenvalue weighted by molar-refractivity contribution is 0.287. The van der Waals surface area contributed by atoms with Gasteiger partial charge in [-0.2, -0.15) is 0 Å². The summed E-state index contributed by atoms with van der Waals surface area (Å²) in [7, 11) is -1.84. The van der Waals surface area contributed by atoms with Crippen LogP contribution in [0.1, 0.15) is 0 Å². The third kappa shape index (κ3) is 1.67. The minimum Gasteiger partial charge on any atom is -0.511 e. The highest BCUT2D eigenvalue weighted by molar-refractivity contribution is 6.33. The summed E-state index contributed by atoms with van der Waals surface area (Å²) in [6, 6.07) is 3.22. The van der Waals surface area contributed by atoms with E-state index in [4.69, 9.17) is 21.6 Å². The molecule has 7 heteroatoms. The highest BCUT2D eigenvalue weighted by Crippen LogP contribution is 2.17. The molecule has 0 aromatic carbocycles. The molecule has 0 saturated carbocycles. The number of nitrogens with zero attached hydrogens (tertiary/aromatic N) is 2. The predicted molar refractivity (Wildman–Crippen MR) is 51.0 cm³/mol. The lowest BCUT2D eigenvalue weighted by atomic mass is 10.2. The highest BCUT2D eigenvalue weighted by atomic mass is 35.5. The number of rotatable bonds is 2. The van der Waals surface area contributed by atoms with Gasteiger partial charge in [0.05, 0.1) is 12.4 Å². The van der Waals surface area contributed by atoms with E-state index in [0.29, 0.717) is 16.5 Å². The minimum atomic E-state index is -1.84. The summed E-state index contributed by atoms with van der Waals surface area (Å²) in [5.41, 5.74) is 0.662. The lowest BCUT2D eigenvalue weighted by Crippen LogP contribution is -2.20. The summed E-state index contributed by atoms with van der Waals surface area (Å²) in [5.74, 6) is 0.299. The molecule has 2 rings (SSSR count). The molecule has 2 heterocycles. The number of imidazole rings is 1. The zero-order valence-electron chi connectivity index (χ0n) is 6.96. The minimum absolute atomic E-state index is 0.299. The van der Waals surface area contributed by atoms with Gasteiger partial charge in [-0.25, -0.2) is 4.98 Å². The van der Waals surface area contributed by atoms with Gasteiger partial charge in [0, 0.05) is 0 Å². The number of fused-ring (bicyclic) bond motifs is 1. The van der Waals surface area contributed by atoms with Crippen LogP contribution in [0.2, 0.25) is 5.15 Å². The molecule has 0 saturated heterocycles. The normalized spacial score (nSPS) is 10.5. The first kappa shape index (κ1) is 9.33. The first-order chi connectivity index (χ1) is 6.66. The summed E-state index contributed by atoms with van der Waals surface area (Å²) >= 11 is 5.80. The van der Waals surface area contributed by atoms with Crippen molar-refractivity contribution in [2.45, 2.75) is 0 Å². The molecule has 0 atom stereocenters. The quantitative estimate of drug-likeness (QED) is 0.704. The summed E-state index contributed by atoms with van der Waals surface area (Å²) in [6.07, 6.45) is 3.01. The van der Waals surface area contributed by atoms with E-state index in [1.54, 1.807) is 16.5 Å². The molecule has 2 N–H and O–H groups in total. The van der Waals surface area contributed by atoms with Crippen LogP contribution < -0.4 is 4.65 Å². The van der Waals surface area contributed by atoms with E-state index in [9.17, 15) is 0 Å². The van der Waals surface area contributed by atoms with Crippen molar-refractivity contribution in [3.05, 3.63) is 29.7 Å². The van der Waals surface area contributed by atoms with Crippen molar-refractivity contribution in [3.63, 3.8) is 0 Å². The third-order valence-corrected chi connectivity index (χ3v) is 1.95. The Labute approximate surface area is 84.7 Å². The lowest BCUT2D eigenvalue weighted by Gasteiger charge is -2.04. The average Bonchev–Trinajstić information content (AvgIpc) is 2.47. The van der Waals surface area contributed by atoms with Gasteiger partial charge in [-0.3, -0.25) is 4.40 Å². The first-order valence-corrected chi connectivity index (χ1v) is 4.20. The molecule has 0 aliphatic carbocycles. The topological polar surface area (TPSA) is 67.0 Å². The first-order valence-electron chi connectivity index (χ1n) is 3.82. The Bertz CT molecular complexity index is 459. The standard InChI is InChI=1S/C7H6BClN2O3/c9-6-3-10-7-2-1-5(4-11(6)7)14-8(12)13/h1-4,12-13H. The Hall–Kier alpha value is -1.24. The fourth-order valence-electron chi connectivity index (χ4n) is 1.12. The largest absolute Gasteiger partial charge is 0.707 e. The van der Waals surface area contributed by atoms with Crippen molar-refractivity contribution in [3.8, 4) is 5.75 Å². The average molecular weight is 212 g/mol. The molecule has 2 aromatic rings. The van der Waals surface area contributed by atoms with Crippen molar-refractivity contribution >= 4 is 24.6 Å². The molecular formula is C7H6BClN2O3. The Balaban J connectivity index is 2.44. The number of aromatic nitrogens is 2. The van der Waals surface area contributed by atoms with Crippen molar-refractivity contribution in [1.29, 1.82) is 0 Å². The van der Waals surface area contributed by atoms with E-state index >= 15 is 0 Å². The highest BCUT2D eigenvalue weighted by Gasteiger charge is 2.11. The molecule has 0 bridgehead atoms. The van der Waals surface area contributed by atoms with E-state index < -0.39 is 7.32 Å².